The third-order valence-corrected chi connectivity index (χ3v) is 4.55. The molecule has 0 atom stereocenters. The number of rotatable bonds is 4. The Kier molecular flexibility index (Phi) is 4.91. The topological polar surface area (TPSA) is 28.2 Å². The lowest BCUT2D eigenvalue weighted by Gasteiger charge is -2.32. The van der Waals surface area contributed by atoms with Crippen LogP contribution in [0.15, 0.2) is 36.4 Å². The number of nitrogens with one attached hydrogen (secondary N) is 1. The number of benzene rings is 1. The molecule has 0 aliphatic carbocycles. The monoisotopic (exact) mass is 313 g/mol. The number of nitrogens with zero attached hydrogens (tertiary/aromatic N) is 2. The summed E-state index contributed by atoms with van der Waals surface area (Å²) in [5.74, 6) is 1.64. The van der Waals surface area contributed by atoms with Crippen LogP contribution in [0.5, 0.6) is 0 Å². The molecule has 1 aromatic carbocycles. The third-order valence-electron chi connectivity index (χ3n) is 4.55. The molecule has 1 aliphatic heterocycles. The first-order chi connectivity index (χ1) is 11.2. The Morgan fingerprint density at radius 3 is 2.48 bits per heavy atom. The van der Waals surface area contributed by atoms with Crippen molar-refractivity contribution in [1.82, 2.24) is 10.3 Å². The minimum atomic E-state index is -0.217. The van der Waals surface area contributed by atoms with Crippen molar-refractivity contribution in [2.24, 2.45) is 5.92 Å². The summed E-state index contributed by atoms with van der Waals surface area (Å²) in [5.41, 5.74) is 3.07. The maximum Gasteiger partial charge on any atom is 0.133 e. The van der Waals surface area contributed by atoms with Crippen LogP contribution in [-0.4, -0.2) is 25.1 Å². The molecule has 3 rings (SSSR count). The molecular formula is C19H24FN3. The summed E-state index contributed by atoms with van der Waals surface area (Å²) in [7, 11) is 1.95. The van der Waals surface area contributed by atoms with Gasteiger partial charge in [-0.2, -0.15) is 0 Å². The highest BCUT2D eigenvalue weighted by atomic mass is 19.1. The number of halogens is 1. The van der Waals surface area contributed by atoms with Gasteiger partial charge in [-0.15, -0.1) is 0 Å². The van der Waals surface area contributed by atoms with Crippen molar-refractivity contribution in [3.8, 4) is 11.3 Å². The number of anilines is 1. The smallest absolute Gasteiger partial charge is 0.133 e. The van der Waals surface area contributed by atoms with E-state index in [2.05, 4.69) is 23.2 Å². The van der Waals surface area contributed by atoms with Crippen LogP contribution in [0.25, 0.3) is 11.3 Å². The molecule has 23 heavy (non-hydrogen) atoms. The minimum absolute atomic E-state index is 0.217. The highest BCUT2D eigenvalue weighted by Gasteiger charge is 2.20. The first-order valence-electron chi connectivity index (χ1n) is 8.33. The van der Waals surface area contributed by atoms with E-state index in [1.807, 2.05) is 13.1 Å². The molecule has 1 saturated heterocycles. The first kappa shape index (κ1) is 15.9. The molecule has 1 N–H and O–H groups in total. The molecule has 2 heterocycles. The second-order valence-corrected chi connectivity index (χ2v) is 6.39. The fourth-order valence-corrected chi connectivity index (χ4v) is 3.08. The Hall–Kier alpha value is -1.94. The van der Waals surface area contributed by atoms with Crippen LogP contribution < -0.4 is 10.2 Å². The normalized spacial score (nSPS) is 15.9. The van der Waals surface area contributed by atoms with Crippen LogP contribution >= 0.6 is 0 Å². The zero-order chi connectivity index (χ0) is 16.2. The van der Waals surface area contributed by atoms with E-state index in [1.54, 1.807) is 12.1 Å². The molecule has 1 aliphatic rings. The van der Waals surface area contributed by atoms with Crippen LogP contribution in [0.2, 0.25) is 0 Å². The van der Waals surface area contributed by atoms with Gasteiger partial charge in [0.15, 0.2) is 0 Å². The van der Waals surface area contributed by atoms with Gasteiger partial charge in [0.25, 0.3) is 0 Å². The lowest BCUT2D eigenvalue weighted by molar-refractivity contribution is 0.436. The summed E-state index contributed by atoms with van der Waals surface area (Å²) >= 11 is 0. The molecule has 0 radical (unpaired) electrons. The average molecular weight is 313 g/mol. The van der Waals surface area contributed by atoms with Crippen LogP contribution in [0.1, 0.15) is 25.3 Å². The number of hydrogen-bond donors (Lipinski definition) is 1. The Morgan fingerprint density at radius 2 is 1.83 bits per heavy atom. The predicted octanol–water partition coefficient (Wildman–Crippen LogP) is 3.84. The summed E-state index contributed by atoms with van der Waals surface area (Å²) in [6, 6.07) is 10.7. The first-order valence-corrected chi connectivity index (χ1v) is 8.33. The largest absolute Gasteiger partial charge is 0.356 e. The zero-order valence-corrected chi connectivity index (χ0v) is 13.8. The summed E-state index contributed by atoms with van der Waals surface area (Å²) in [6.45, 7) is 5.22. The number of hydrogen-bond acceptors (Lipinski definition) is 3. The van der Waals surface area contributed by atoms with Gasteiger partial charge in [0.05, 0.1) is 5.69 Å². The average Bonchev–Trinajstić information content (AvgIpc) is 2.57. The fourth-order valence-electron chi connectivity index (χ4n) is 3.08. The Bertz CT molecular complexity index is 646. The van der Waals surface area contributed by atoms with Crippen molar-refractivity contribution >= 4 is 5.82 Å². The van der Waals surface area contributed by atoms with Gasteiger partial charge in [0.1, 0.15) is 11.6 Å². The van der Waals surface area contributed by atoms with Crippen molar-refractivity contribution in [1.29, 1.82) is 0 Å². The highest BCUT2D eigenvalue weighted by Crippen LogP contribution is 2.28. The van der Waals surface area contributed by atoms with Crippen LogP contribution in [0.4, 0.5) is 10.2 Å². The van der Waals surface area contributed by atoms with Gasteiger partial charge in [-0.3, -0.25) is 0 Å². The van der Waals surface area contributed by atoms with Crippen LogP contribution in [0, 0.1) is 11.7 Å². The number of piperidine rings is 1. The molecule has 1 aromatic heterocycles. The lowest BCUT2D eigenvalue weighted by Crippen LogP contribution is -2.34. The van der Waals surface area contributed by atoms with Crippen molar-refractivity contribution in [3.05, 3.63) is 47.8 Å². The van der Waals surface area contributed by atoms with Crippen molar-refractivity contribution in [2.45, 2.75) is 26.3 Å². The van der Waals surface area contributed by atoms with Crippen molar-refractivity contribution in [2.75, 3.05) is 25.0 Å². The van der Waals surface area contributed by atoms with E-state index in [9.17, 15) is 4.39 Å². The molecule has 122 valence electrons. The van der Waals surface area contributed by atoms with E-state index in [0.29, 0.717) is 0 Å². The van der Waals surface area contributed by atoms with Crippen LogP contribution in [0.3, 0.4) is 0 Å². The molecule has 3 nitrogen and oxygen atoms in total. The Labute approximate surface area is 137 Å². The summed E-state index contributed by atoms with van der Waals surface area (Å²) < 4.78 is 13.1. The van der Waals surface area contributed by atoms with E-state index < -0.39 is 0 Å². The molecule has 0 spiro atoms. The van der Waals surface area contributed by atoms with Crippen molar-refractivity contribution < 1.29 is 4.39 Å². The van der Waals surface area contributed by atoms with Gasteiger partial charge in [-0.1, -0.05) is 13.0 Å². The Balaban J connectivity index is 1.94. The van der Waals surface area contributed by atoms with Gasteiger partial charge in [-0.05, 0) is 56.1 Å². The summed E-state index contributed by atoms with van der Waals surface area (Å²) in [6.07, 6.45) is 2.42. The maximum atomic E-state index is 13.1. The van der Waals surface area contributed by atoms with E-state index in [-0.39, 0.29) is 5.82 Å². The van der Waals surface area contributed by atoms with Crippen molar-refractivity contribution in [3.63, 3.8) is 0 Å². The van der Waals surface area contributed by atoms with E-state index in [0.717, 1.165) is 42.6 Å². The minimum Gasteiger partial charge on any atom is -0.356 e. The van der Waals surface area contributed by atoms with Gasteiger partial charge in [-0.25, -0.2) is 9.37 Å². The van der Waals surface area contributed by atoms with Crippen LogP contribution in [-0.2, 0) is 6.54 Å². The molecule has 0 bridgehead atoms. The SMILES string of the molecule is CNCc1ccc(-c2ccc(F)cc2)nc1N1CCC(C)CC1. The lowest BCUT2D eigenvalue weighted by atomic mass is 9.99. The molecular weight excluding hydrogens is 289 g/mol. The third kappa shape index (κ3) is 3.70. The molecule has 1 fully saturated rings. The molecule has 0 amide bonds. The molecule has 0 saturated carbocycles. The quantitative estimate of drug-likeness (QED) is 0.929. The van der Waals surface area contributed by atoms with Gasteiger partial charge >= 0.3 is 0 Å². The van der Waals surface area contributed by atoms with Gasteiger partial charge < -0.3 is 10.2 Å². The van der Waals surface area contributed by atoms with E-state index >= 15 is 0 Å². The summed E-state index contributed by atoms with van der Waals surface area (Å²) in [4.78, 5) is 7.29. The molecule has 2 aromatic rings. The number of pyridine rings is 1. The predicted molar refractivity (Wildman–Crippen MR) is 93.0 cm³/mol. The van der Waals surface area contributed by atoms with Gasteiger partial charge in [0.2, 0.25) is 0 Å². The van der Waals surface area contributed by atoms with E-state index in [4.69, 9.17) is 4.98 Å². The molecule has 0 unspecified atom stereocenters. The summed E-state index contributed by atoms with van der Waals surface area (Å²) in [5, 5.41) is 3.22. The molecule has 4 heteroatoms. The standard InChI is InChI=1S/C19H24FN3/c1-14-9-11-23(12-10-14)19-16(13-21-2)5-8-18(22-19)15-3-6-17(20)7-4-15/h3-8,14,21H,9-13H2,1-2H3. The zero-order valence-electron chi connectivity index (χ0n) is 13.8. The van der Waals surface area contributed by atoms with E-state index in [1.165, 1.54) is 30.5 Å². The Morgan fingerprint density at radius 1 is 1.13 bits per heavy atom. The maximum absolute atomic E-state index is 13.1. The highest BCUT2D eigenvalue weighted by molar-refractivity contribution is 5.63. The van der Waals surface area contributed by atoms with Gasteiger partial charge in [0, 0.05) is 30.8 Å². The number of aromatic nitrogens is 1. The second kappa shape index (κ2) is 7.09. The fraction of sp³-hybridized carbons (Fsp3) is 0.421. The second-order valence-electron chi connectivity index (χ2n) is 6.39.